The number of hydrogen-bond donors (Lipinski definition) is 0. The van der Waals surface area contributed by atoms with E-state index in [4.69, 9.17) is 0 Å². The standard InChI is InChI=1S/C2H5F3Si/c1-6-2(3,4)5/h6H2,1H3. The van der Waals surface area contributed by atoms with E-state index >= 15 is 0 Å². The van der Waals surface area contributed by atoms with Crippen LogP contribution in [0.15, 0.2) is 0 Å². The van der Waals surface area contributed by atoms with E-state index < -0.39 is 15.3 Å². The van der Waals surface area contributed by atoms with Crippen LogP contribution >= 0.6 is 0 Å². The summed E-state index contributed by atoms with van der Waals surface area (Å²) in [6, 6.07) is 0. The van der Waals surface area contributed by atoms with Gasteiger partial charge >= 0.3 is 5.80 Å². The fourth-order valence-electron chi connectivity index (χ4n) is 0. The summed E-state index contributed by atoms with van der Waals surface area (Å²) in [5, 5.41) is 0. The van der Waals surface area contributed by atoms with Gasteiger partial charge in [-0.3, -0.25) is 0 Å². The molecule has 0 saturated carbocycles. The number of rotatable bonds is 0. The predicted octanol–water partition coefficient (Wildman–Crippen LogP) is 0.723. The van der Waals surface area contributed by atoms with Gasteiger partial charge in [-0.25, -0.2) is 0 Å². The fourth-order valence-corrected chi connectivity index (χ4v) is 0. The van der Waals surface area contributed by atoms with Crippen LogP contribution in [0, 0.1) is 0 Å². The van der Waals surface area contributed by atoms with Gasteiger partial charge in [0.05, 0.1) is 0 Å². The minimum Gasteiger partial charge on any atom is -0.178 e. The van der Waals surface area contributed by atoms with Crippen molar-refractivity contribution in [2.45, 2.75) is 12.3 Å². The third kappa shape index (κ3) is 4.01. The first kappa shape index (κ1) is 6.01. The van der Waals surface area contributed by atoms with Crippen molar-refractivity contribution < 1.29 is 13.2 Å². The lowest BCUT2D eigenvalue weighted by Gasteiger charge is -1.96. The van der Waals surface area contributed by atoms with Gasteiger partial charge < -0.3 is 0 Å². The quantitative estimate of drug-likeness (QED) is 0.407. The van der Waals surface area contributed by atoms with E-state index in [0.29, 0.717) is 0 Å². The Kier molecular flexibility index (Phi) is 1.64. The van der Waals surface area contributed by atoms with Gasteiger partial charge in [-0.2, -0.15) is 13.2 Å². The normalized spacial score (nSPS) is 14.0. The molecule has 0 rings (SSSR count). The van der Waals surface area contributed by atoms with Crippen LogP contribution in [0.4, 0.5) is 13.2 Å². The minimum atomic E-state index is -3.82. The second-order valence-corrected chi connectivity index (χ2v) is 2.48. The molecular formula is C2H5F3Si. The molecule has 0 fully saturated rings. The van der Waals surface area contributed by atoms with Crippen molar-refractivity contribution in [1.29, 1.82) is 0 Å². The predicted molar refractivity (Wildman–Crippen MR) is 20.5 cm³/mol. The van der Waals surface area contributed by atoms with Crippen LogP contribution in [0.25, 0.3) is 0 Å². The highest BCUT2D eigenvalue weighted by Crippen LogP contribution is 2.10. The fraction of sp³-hybridized carbons (Fsp3) is 1.00. The van der Waals surface area contributed by atoms with Crippen molar-refractivity contribution in [3.8, 4) is 0 Å². The molecule has 0 nitrogen and oxygen atoms in total. The van der Waals surface area contributed by atoms with E-state index in [2.05, 4.69) is 0 Å². The van der Waals surface area contributed by atoms with Crippen molar-refractivity contribution >= 4 is 9.52 Å². The molecule has 0 spiro atoms. The average Bonchev–Trinajstić information content (AvgIpc) is 1.35. The highest BCUT2D eigenvalue weighted by atomic mass is 28.2. The largest absolute Gasteiger partial charge is 0.354 e. The van der Waals surface area contributed by atoms with Gasteiger partial charge in [0.15, 0.2) is 0 Å². The van der Waals surface area contributed by atoms with Crippen LogP contribution in [0.3, 0.4) is 0 Å². The summed E-state index contributed by atoms with van der Waals surface area (Å²) in [6.07, 6.45) is 0. The molecule has 0 saturated heterocycles. The second-order valence-electron chi connectivity index (χ2n) is 0.969. The van der Waals surface area contributed by atoms with E-state index in [0.717, 1.165) is 0 Å². The monoisotopic (exact) mass is 114 g/mol. The summed E-state index contributed by atoms with van der Waals surface area (Å²) in [5.41, 5.74) is 0. The van der Waals surface area contributed by atoms with Gasteiger partial charge in [-0.05, 0) is 0 Å². The SMILES string of the molecule is C[SiH2]C(F)(F)F. The number of halogens is 3. The van der Waals surface area contributed by atoms with Crippen molar-refractivity contribution in [2.75, 3.05) is 0 Å². The zero-order chi connectivity index (χ0) is 5.21. The summed E-state index contributed by atoms with van der Waals surface area (Å²) in [4.78, 5) is 0. The lowest BCUT2D eigenvalue weighted by molar-refractivity contribution is -0.0464. The van der Waals surface area contributed by atoms with E-state index in [9.17, 15) is 13.2 Å². The maximum absolute atomic E-state index is 10.8. The van der Waals surface area contributed by atoms with Crippen LogP contribution < -0.4 is 0 Å². The molecule has 0 atom stereocenters. The van der Waals surface area contributed by atoms with Crippen LogP contribution in [-0.2, 0) is 0 Å². The molecular weight excluding hydrogens is 109 g/mol. The van der Waals surface area contributed by atoms with Crippen LogP contribution in [0.2, 0.25) is 6.55 Å². The first-order valence-electron chi connectivity index (χ1n) is 1.63. The van der Waals surface area contributed by atoms with Gasteiger partial charge in [-0.1, -0.05) is 6.55 Å². The smallest absolute Gasteiger partial charge is 0.178 e. The topological polar surface area (TPSA) is 0 Å². The maximum atomic E-state index is 10.8. The Morgan fingerprint density at radius 2 is 1.50 bits per heavy atom. The van der Waals surface area contributed by atoms with Gasteiger partial charge in [0.25, 0.3) is 0 Å². The molecule has 0 unspecified atom stereocenters. The first-order valence-corrected chi connectivity index (χ1v) is 3.75. The van der Waals surface area contributed by atoms with Crippen molar-refractivity contribution in [3.05, 3.63) is 0 Å². The molecule has 6 heavy (non-hydrogen) atoms. The molecule has 0 bridgehead atoms. The minimum absolute atomic E-state index is 1.22. The van der Waals surface area contributed by atoms with Crippen molar-refractivity contribution in [1.82, 2.24) is 0 Å². The van der Waals surface area contributed by atoms with Crippen molar-refractivity contribution in [2.24, 2.45) is 0 Å². The molecule has 0 aromatic carbocycles. The Labute approximate surface area is 36.2 Å². The zero-order valence-corrected chi connectivity index (χ0v) is 4.76. The summed E-state index contributed by atoms with van der Waals surface area (Å²) in [7, 11) is -1.75. The number of hydrogen-bond acceptors (Lipinski definition) is 0. The Balaban J connectivity index is 3.17. The first-order chi connectivity index (χ1) is 2.56. The van der Waals surface area contributed by atoms with Crippen LogP contribution in [0.5, 0.6) is 0 Å². The average molecular weight is 114 g/mol. The summed E-state index contributed by atoms with van der Waals surface area (Å²) in [6.45, 7) is 1.22. The molecule has 0 aromatic rings. The third-order valence-corrected chi connectivity index (χ3v) is 1.20. The number of alkyl halides is 3. The Hall–Kier alpha value is 0.00688. The molecule has 4 heteroatoms. The van der Waals surface area contributed by atoms with Crippen molar-refractivity contribution in [3.63, 3.8) is 0 Å². The molecule has 0 amide bonds. The van der Waals surface area contributed by atoms with Gasteiger partial charge in [0.1, 0.15) is 9.52 Å². The lowest BCUT2D eigenvalue weighted by Crippen LogP contribution is -2.13. The third-order valence-electron chi connectivity index (χ3n) is 0.401. The van der Waals surface area contributed by atoms with Crippen LogP contribution in [0.1, 0.15) is 0 Å². The molecule has 38 valence electrons. The summed E-state index contributed by atoms with van der Waals surface area (Å²) < 4.78 is 32.5. The Morgan fingerprint density at radius 3 is 1.50 bits per heavy atom. The van der Waals surface area contributed by atoms with E-state index in [1.807, 2.05) is 0 Å². The maximum Gasteiger partial charge on any atom is 0.354 e. The molecule has 0 heterocycles. The van der Waals surface area contributed by atoms with Gasteiger partial charge in [0, 0.05) is 0 Å². The molecule has 0 radical (unpaired) electrons. The van der Waals surface area contributed by atoms with Gasteiger partial charge in [0.2, 0.25) is 0 Å². The van der Waals surface area contributed by atoms with E-state index in [-0.39, 0.29) is 0 Å². The molecule has 0 aromatic heterocycles. The summed E-state index contributed by atoms with van der Waals surface area (Å²) in [5.74, 6) is -3.82. The Bertz CT molecular complexity index is 38.5. The molecule has 0 aliphatic heterocycles. The van der Waals surface area contributed by atoms with E-state index in [1.165, 1.54) is 6.55 Å². The molecule has 0 N–H and O–H groups in total. The molecule has 0 aliphatic carbocycles. The second kappa shape index (κ2) is 1.64. The van der Waals surface area contributed by atoms with E-state index in [1.54, 1.807) is 0 Å². The van der Waals surface area contributed by atoms with Crippen LogP contribution in [-0.4, -0.2) is 15.3 Å². The highest BCUT2D eigenvalue weighted by Gasteiger charge is 2.22. The van der Waals surface area contributed by atoms with Gasteiger partial charge in [-0.15, -0.1) is 0 Å². The summed E-state index contributed by atoms with van der Waals surface area (Å²) >= 11 is 0. The lowest BCUT2D eigenvalue weighted by atomic mass is 11.5. The molecule has 0 aliphatic rings. The Morgan fingerprint density at radius 1 is 1.33 bits per heavy atom. The highest BCUT2D eigenvalue weighted by molar-refractivity contribution is 6.36. The zero-order valence-electron chi connectivity index (χ0n) is 3.34.